The van der Waals surface area contributed by atoms with Crippen molar-refractivity contribution in [1.29, 1.82) is 0 Å². The minimum Gasteiger partial charge on any atom is -0.484 e. The lowest BCUT2D eigenvalue weighted by molar-refractivity contribution is -0.136. The molecule has 0 aliphatic heterocycles. The summed E-state index contributed by atoms with van der Waals surface area (Å²) in [4.78, 5) is 36.3. The Balaban J connectivity index is 1.19. The number of rotatable bonds is 9. The molecule has 0 heterocycles. The van der Waals surface area contributed by atoms with Crippen LogP contribution < -0.4 is 25.5 Å². The smallest absolute Gasteiger partial charge is 0.329 e. The summed E-state index contributed by atoms with van der Waals surface area (Å²) in [6.07, 6.45) is 1.37. The normalized spacial score (nSPS) is 10.5. The molecule has 0 radical (unpaired) electrons. The van der Waals surface area contributed by atoms with E-state index in [1.54, 1.807) is 72.8 Å². The van der Waals surface area contributed by atoms with Crippen LogP contribution in [0.1, 0.15) is 5.56 Å². The van der Waals surface area contributed by atoms with E-state index in [4.69, 9.17) is 21.1 Å². The summed E-state index contributed by atoms with van der Waals surface area (Å²) in [6, 6.07) is 29.4. The molecule has 10 heteroatoms. The molecule has 0 aromatic heterocycles. The average Bonchev–Trinajstić information content (AvgIpc) is 2.95. The molecule has 9 nitrogen and oxygen atoms in total. The lowest BCUT2D eigenvalue weighted by atomic mass is 10.2. The van der Waals surface area contributed by atoms with Crippen molar-refractivity contribution in [2.24, 2.45) is 5.10 Å². The second-order valence-corrected chi connectivity index (χ2v) is 8.39. The SMILES string of the molecule is O=C(COc1ccc(C=NNC(=O)C(=O)Nc2ccc(Oc3ccccc3)cc2)cc1)Nc1ccccc1Cl. The van der Waals surface area contributed by atoms with E-state index in [0.29, 0.717) is 39.2 Å². The minimum atomic E-state index is -0.930. The van der Waals surface area contributed by atoms with E-state index >= 15 is 0 Å². The topological polar surface area (TPSA) is 118 Å². The van der Waals surface area contributed by atoms with E-state index in [1.807, 2.05) is 30.3 Å². The lowest BCUT2D eigenvalue weighted by Gasteiger charge is -2.08. The van der Waals surface area contributed by atoms with Crippen LogP contribution in [0.5, 0.6) is 17.2 Å². The third-order valence-electron chi connectivity index (χ3n) is 5.08. The number of carbonyl (C=O) groups is 3. The molecule has 0 fully saturated rings. The van der Waals surface area contributed by atoms with Crippen LogP contribution in [0, 0.1) is 0 Å². The third-order valence-corrected chi connectivity index (χ3v) is 5.40. The van der Waals surface area contributed by atoms with E-state index in [0.717, 1.165) is 0 Å². The number of para-hydroxylation sites is 2. The van der Waals surface area contributed by atoms with Crippen LogP contribution in [0.25, 0.3) is 0 Å². The summed E-state index contributed by atoms with van der Waals surface area (Å²) in [6.45, 7) is -0.202. The van der Waals surface area contributed by atoms with E-state index in [9.17, 15) is 14.4 Å². The first-order chi connectivity index (χ1) is 19.0. The van der Waals surface area contributed by atoms with Gasteiger partial charge in [0.1, 0.15) is 17.2 Å². The highest BCUT2D eigenvalue weighted by Crippen LogP contribution is 2.23. The highest BCUT2D eigenvalue weighted by Gasteiger charge is 2.13. The number of carbonyl (C=O) groups excluding carboxylic acids is 3. The second kappa shape index (κ2) is 13.4. The van der Waals surface area contributed by atoms with E-state index in [2.05, 4.69) is 21.2 Å². The molecule has 196 valence electrons. The van der Waals surface area contributed by atoms with Crippen molar-refractivity contribution >= 4 is 46.9 Å². The van der Waals surface area contributed by atoms with Crippen molar-refractivity contribution in [2.45, 2.75) is 0 Å². The first-order valence-corrected chi connectivity index (χ1v) is 12.1. The van der Waals surface area contributed by atoms with Crippen molar-refractivity contribution in [3.63, 3.8) is 0 Å². The largest absolute Gasteiger partial charge is 0.484 e. The van der Waals surface area contributed by atoms with Crippen molar-refractivity contribution < 1.29 is 23.9 Å². The monoisotopic (exact) mass is 542 g/mol. The molecule has 0 saturated heterocycles. The Hall–Kier alpha value is -5.15. The summed E-state index contributed by atoms with van der Waals surface area (Å²) in [5.41, 5.74) is 3.74. The number of halogens is 1. The van der Waals surface area contributed by atoms with Gasteiger partial charge in [-0.2, -0.15) is 5.10 Å². The highest BCUT2D eigenvalue weighted by molar-refractivity contribution is 6.39. The fourth-order valence-corrected chi connectivity index (χ4v) is 3.37. The molecule has 0 atom stereocenters. The third kappa shape index (κ3) is 8.44. The van der Waals surface area contributed by atoms with Gasteiger partial charge < -0.3 is 20.1 Å². The van der Waals surface area contributed by atoms with Crippen molar-refractivity contribution in [1.82, 2.24) is 5.43 Å². The molecule has 39 heavy (non-hydrogen) atoms. The van der Waals surface area contributed by atoms with Gasteiger partial charge in [-0.1, -0.05) is 41.9 Å². The van der Waals surface area contributed by atoms with Gasteiger partial charge in [-0.25, -0.2) is 5.43 Å². The molecule has 0 unspecified atom stereocenters. The molecular weight excluding hydrogens is 520 g/mol. The number of hydrogen-bond donors (Lipinski definition) is 3. The quantitative estimate of drug-likeness (QED) is 0.152. The van der Waals surface area contributed by atoms with Crippen molar-refractivity contribution in [3.05, 3.63) is 114 Å². The Morgan fingerprint density at radius 1 is 0.718 bits per heavy atom. The van der Waals surface area contributed by atoms with Crippen LogP contribution in [-0.2, 0) is 14.4 Å². The maximum atomic E-state index is 12.2. The molecular formula is C29H23ClN4O5. The average molecular weight is 543 g/mol. The van der Waals surface area contributed by atoms with Crippen LogP contribution in [0.4, 0.5) is 11.4 Å². The van der Waals surface area contributed by atoms with Crippen molar-refractivity contribution in [3.8, 4) is 17.2 Å². The zero-order valence-electron chi connectivity index (χ0n) is 20.5. The second-order valence-electron chi connectivity index (χ2n) is 7.98. The first kappa shape index (κ1) is 26.9. The summed E-state index contributed by atoms with van der Waals surface area (Å²) in [5, 5.41) is 9.40. The van der Waals surface area contributed by atoms with Gasteiger partial charge in [0.05, 0.1) is 16.9 Å². The standard InChI is InChI=1S/C29H23ClN4O5/c30-25-8-4-5-9-26(25)33-27(35)19-38-22-14-10-20(11-15-22)18-31-34-29(37)28(36)32-21-12-16-24(17-13-21)39-23-6-2-1-3-7-23/h1-18H,19H2,(H,32,36)(H,33,35)(H,34,37). The van der Waals surface area contributed by atoms with Crippen LogP contribution in [0.3, 0.4) is 0 Å². The molecule has 4 aromatic rings. The van der Waals surface area contributed by atoms with Crippen LogP contribution in [0.2, 0.25) is 5.02 Å². The molecule has 0 aliphatic carbocycles. The Bertz CT molecular complexity index is 1460. The maximum absolute atomic E-state index is 12.2. The van der Waals surface area contributed by atoms with Gasteiger partial charge in [-0.3, -0.25) is 14.4 Å². The summed E-state index contributed by atoms with van der Waals surface area (Å²) in [7, 11) is 0. The Kier molecular flexibility index (Phi) is 9.25. The lowest BCUT2D eigenvalue weighted by Crippen LogP contribution is -2.32. The number of hydrazone groups is 1. The van der Waals surface area contributed by atoms with E-state index < -0.39 is 11.8 Å². The Labute approximate surface area is 229 Å². The molecule has 0 bridgehead atoms. The fourth-order valence-electron chi connectivity index (χ4n) is 3.18. The zero-order valence-corrected chi connectivity index (χ0v) is 21.2. The van der Waals surface area contributed by atoms with Gasteiger partial charge in [0.25, 0.3) is 5.91 Å². The summed E-state index contributed by atoms with van der Waals surface area (Å²) >= 11 is 6.03. The number of amides is 3. The Morgan fingerprint density at radius 2 is 1.36 bits per heavy atom. The minimum absolute atomic E-state index is 0.202. The van der Waals surface area contributed by atoms with Gasteiger partial charge in [0.15, 0.2) is 6.61 Å². The maximum Gasteiger partial charge on any atom is 0.329 e. The zero-order chi connectivity index (χ0) is 27.5. The fraction of sp³-hybridized carbons (Fsp3) is 0.0345. The molecule has 0 saturated carbocycles. The summed E-state index contributed by atoms with van der Waals surface area (Å²) in [5.74, 6) is -0.421. The number of benzene rings is 4. The van der Waals surface area contributed by atoms with Gasteiger partial charge in [-0.05, 0) is 78.4 Å². The van der Waals surface area contributed by atoms with Gasteiger partial charge in [-0.15, -0.1) is 0 Å². The molecule has 3 amide bonds. The van der Waals surface area contributed by atoms with Crippen molar-refractivity contribution in [2.75, 3.05) is 17.2 Å². The van der Waals surface area contributed by atoms with Crippen LogP contribution in [0.15, 0.2) is 108 Å². The number of nitrogens with one attached hydrogen (secondary N) is 3. The van der Waals surface area contributed by atoms with E-state index in [1.165, 1.54) is 6.21 Å². The van der Waals surface area contributed by atoms with Gasteiger partial charge in [0, 0.05) is 5.69 Å². The molecule has 4 rings (SSSR count). The van der Waals surface area contributed by atoms with Crippen LogP contribution in [-0.4, -0.2) is 30.5 Å². The van der Waals surface area contributed by atoms with Gasteiger partial charge >= 0.3 is 11.8 Å². The molecule has 4 aromatic carbocycles. The molecule has 0 spiro atoms. The predicted molar refractivity (Wildman–Crippen MR) is 149 cm³/mol. The van der Waals surface area contributed by atoms with Crippen LogP contribution >= 0.6 is 11.6 Å². The van der Waals surface area contributed by atoms with E-state index in [-0.39, 0.29) is 12.5 Å². The summed E-state index contributed by atoms with van der Waals surface area (Å²) < 4.78 is 11.2. The van der Waals surface area contributed by atoms with Gasteiger partial charge in [0.2, 0.25) is 0 Å². The Morgan fingerprint density at radius 3 is 2.08 bits per heavy atom. The number of hydrogen-bond acceptors (Lipinski definition) is 6. The number of anilines is 2. The first-order valence-electron chi connectivity index (χ1n) is 11.7. The highest BCUT2D eigenvalue weighted by atomic mass is 35.5. The molecule has 0 aliphatic rings. The number of ether oxygens (including phenoxy) is 2. The predicted octanol–water partition coefficient (Wildman–Crippen LogP) is 5.24. The molecule has 3 N–H and O–H groups in total. The number of nitrogens with zero attached hydrogens (tertiary/aromatic N) is 1.